The van der Waals surface area contributed by atoms with Crippen molar-refractivity contribution in [3.05, 3.63) is 68.2 Å². The number of carbonyl (C=O) groups excluding carboxylic acids is 2. The van der Waals surface area contributed by atoms with Gasteiger partial charge in [0.25, 0.3) is 11.6 Å². The molecule has 0 radical (unpaired) electrons. The monoisotopic (exact) mass is 404 g/mol. The fourth-order valence-electron chi connectivity index (χ4n) is 3.00. The Labute approximate surface area is 151 Å². The Morgan fingerprint density at radius 3 is 2.68 bits per heavy atom. The van der Waals surface area contributed by atoms with Crippen molar-refractivity contribution in [2.75, 3.05) is 11.9 Å². The first-order valence-corrected chi connectivity index (χ1v) is 8.12. The Morgan fingerprint density at radius 1 is 1.32 bits per heavy atom. The lowest BCUT2D eigenvalue weighted by Crippen LogP contribution is -2.40. The number of hydrogen-bond acceptors (Lipinski definition) is 5. The van der Waals surface area contributed by atoms with Gasteiger partial charge in [0, 0.05) is 23.2 Å². The summed E-state index contributed by atoms with van der Waals surface area (Å²) in [4.78, 5) is 36.9. The molecule has 0 fully saturated rings. The third-order valence-electron chi connectivity index (χ3n) is 4.24. The molecule has 3 rings (SSSR count). The number of ketones is 1. The van der Waals surface area contributed by atoms with Crippen molar-refractivity contribution in [1.29, 1.82) is 0 Å². The Bertz CT molecular complexity index is 914. The summed E-state index contributed by atoms with van der Waals surface area (Å²) in [6.07, 6.45) is -0.579. The predicted molar refractivity (Wildman–Crippen MR) is 93.5 cm³/mol. The number of nitrogens with zero attached hydrogens (tertiary/aromatic N) is 2. The number of anilines is 1. The largest absolute Gasteiger partial charge is 0.375 e. The average Bonchev–Trinajstić information content (AvgIpc) is 2.76. The molecule has 1 amide bonds. The first kappa shape index (κ1) is 17.2. The van der Waals surface area contributed by atoms with E-state index in [-0.39, 0.29) is 11.3 Å². The summed E-state index contributed by atoms with van der Waals surface area (Å²) in [6.45, 7) is 0. The minimum Gasteiger partial charge on any atom is -0.375 e. The number of benzene rings is 2. The van der Waals surface area contributed by atoms with Gasteiger partial charge in [0.1, 0.15) is 0 Å². The van der Waals surface area contributed by atoms with Crippen molar-refractivity contribution >= 4 is 39.0 Å². The van der Waals surface area contributed by atoms with Crippen molar-refractivity contribution in [1.82, 2.24) is 0 Å². The molecule has 0 aliphatic carbocycles. The fraction of sp³-hybridized carbons (Fsp3) is 0.176. The molecule has 1 N–H and O–H groups in total. The second kappa shape index (κ2) is 6.05. The van der Waals surface area contributed by atoms with Crippen LogP contribution in [0.3, 0.4) is 0 Å². The number of likely N-dealkylation sites (N-methyl/N-ethyl adjacent to an activating group) is 1. The highest BCUT2D eigenvalue weighted by molar-refractivity contribution is 9.10. The normalized spacial score (nSPS) is 19.0. The zero-order valence-corrected chi connectivity index (χ0v) is 14.7. The summed E-state index contributed by atoms with van der Waals surface area (Å²) < 4.78 is 0.644. The summed E-state index contributed by atoms with van der Waals surface area (Å²) >= 11 is 3.28. The van der Waals surface area contributed by atoms with Gasteiger partial charge in [0.2, 0.25) is 0 Å². The maximum absolute atomic E-state index is 12.6. The predicted octanol–water partition coefficient (Wildman–Crippen LogP) is 2.79. The van der Waals surface area contributed by atoms with Gasteiger partial charge >= 0.3 is 0 Å². The minimum absolute atomic E-state index is 0.139. The van der Waals surface area contributed by atoms with Crippen molar-refractivity contribution in [3.8, 4) is 0 Å². The van der Waals surface area contributed by atoms with E-state index in [1.165, 1.54) is 36.2 Å². The molecule has 0 spiro atoms. The second-order valence-corrected chi connectivity index (χ2v) is 6.68. The number of Topliss-reactive ketones (excluding diaryl/α,β-unsaturated/α-hetero) is 1. The first-order valence-electron chi connectivity index (χ1n) is 7.33. The highest BCUT2D eigenvalue weighted by atomic mass is 79.9. The number of fused-ring (bicyclic) bond motifs is 1. The lowest BCUT2D eigenvalue weighted by Gasteiger charge is -2.21. The van der Waals surface area contributed by atoms with Crippen LogP contribution in [-0.2, 0) is 10.4 Å². The van der Waals surface area contributed by atoms with Gasteiger partial charge in [-0.15, -0.1) is 0 Å². The van der Waals surface area contributed by atoms with E-state index in [0.29, 0.717) is 15.7 Å². The van der Waals surface area contributed by atoms with E-state index in [0.717, 1.165) is 0 Å². The van der Waals surface area contributed by atoms with E-state index in [4.69, 9.17) is 0 Å². The van der Waals surface area contributed by atoms with Crippen LogP contribution in [0.5, 0.6) is 0 Å². The summed E-state index contributed by atoms with van der Waals surface area (Å²) in [7, 11) is 1.50. The van der Waals surface area contributed by atoms with E-state index in [1.54, 1.807) is 18.2 Å². The van der Waals surface area contributed by atoms with Gasteiger partial charge in [-0.1, -0.05) is 28.1 Å². The summed E-state index contributed by atoms with van der Waals surface area (Å²) in [6, 6.07) is 10.4. The molecular weight excluding hydrogens is 392 g/mol. The Morgan fingerprint density at radius 2 is 2.00 bits per heavy atom. The summed E-state index contributed by atoms with van der Waals surface area (Å²) in [5.74, 6) is -1.32. The second-order valence-electron chi connectivity index (χ2n) is 5.76. The molecule has 2 aromatic carbocycles. The Kier molecular flexibility index (Phi) is 4.18. The molecule has 0 unspecified atom stereocenters. The van der Waals surface area contributed by atoms with Gasteiger partial charge in [-0.05, 0) is 24.3 Å². The SMILES string of the molecule is CN1C(=O)[C@@](O)(CC(=O)c2ccccc2[N+](=O)[O-])c2cc(Br)ccc21. The van der Waals surface area contributed by atoms with Gasteiger partial charge in [-0.3, -0.25) is 19.7 Å². The lowest BCUT2D eigenvalue weighted by molar-refractivity contribution is -0.385. The van der Waals surface area contributed by atoms with Gasteiger partial charge < -0.3 is 10.0 Å². The molecule has 1 heterocycles. The van der Waals surface area contributed by atoms with Crippen LogP contribution >= 0.6 is 15.9 Å². The van der Waals surface area contributed by atoms with Gasteiger partial charge in [0.05, 0.1) is 22.6 Å². The molecule has 0 bridgehead atoms. The number of halogens is 1. The fourth-order valence-corrected chi connectivity index (χ4v) is 3.36. The number of amides is 1. The highest BCUT2D eigenvalue weighted by Gasteiger charge is 2.50. The third kappa shape index (κ3) is 2.73. The van der Waals surface area contributed by atoms with Gasteiger partial charge in [-0.25, -0.2) is 0 Å². The van der Waals surface area contributed by atoms with Gasteiger partial charge in [-0.2, -0.15) is 0 Å². The van der Waals surface area contributed by atoms with Crippen LogP contribution in [-0.4, -0.2) is 28.8 Å². The molecule has 1 aliphatic heterocycles. The topological polar surface area (TPSA) is 101 Å². The molecule has 0 saturated carbocycles. The Balaban J connectivity index is 2.04. The maximum Gasteiger partial charge on any atom is 0.280 e. The number of para-hydroxylation sites is 1. The van der Waals surface area contributed by atoms with Crippen LogP contribution in [0.2, 0.25) is 0 Å². The van der Waals surface area contributed by atoms with Crippen LogP contribution in [0.15, 0.2) is 46.9 Å². The molecular formula is C17H13BrN2O5. The van der Waals surface area contributed by atoms with Crippen LogP contribution in [0.25, 0.3) is 0 Å². The number of nitro benzene ring substituents is 1. The molecule has 0 aromatic heterocycles. The average molecular weight is 405 g/mol. The minimum atomic E-state index is -2.06. The zero-order chi connectivity index (χ0) is 18.4. The quantitative estimate of drug-likeness (QED) is 0.479. The molecule has 0 saturated heterocycles. The summed E-state index contributed by atoms with van der Waals surface area (Å²) in [5, 5.41) is 22.1. The molecule has 8 heteroatoms. The first-order chi connectivity index (χ1) is 11.8. The van der Waals surface area contributed by atoms with Crippen LogP contribution in [0, 0.1) is 10.1 Å². The van der Waals surface area contributed by atoms with Crippen LogP contribution in [0.1, 0.15) is 22.3 Å². The van der Waals surface area contributed by atoms with Crippen molar-refractivity contribution in [3.63, 3.8) is 0 Å². The number of aliphatic hydroxyl groups is 1. The van der Waals surface area contributed by atoms with E-state index >= 15 is 0 Å². The van der Waals surface area contributed by atoms with E-state index in [2.05, 4.69) is 15.9 Å². The van der Waals surface area contributed by atoms with E-state index in [1.807, 2.05) is 0 Å². The number of rotatable bonds is 4. The molecule has 1 aliphatic rings. The zero-order valence-electron chi connectivity index (χ0n) is 13.1. The molecule has 128 valence electrons. The van der Waals surface area contributed by atoms with Crippen LogP contribution < -0.4 is 4.90 Å². The number of carbonyl (C=O) groups is 2. The molecule has 1 atom stereocenters. The van der Waals surface area contributed by atoms with Crippen molar-refractivity contribution in [2.45, 2.75) is 12.0 Å². The molecule has 25 heavy (non-hydrogen) atoms. The van der Waals surface area contributed by atoms with Gasteiger partial charge in [0.15, 0.2) is 11.4 Å². The number of nitro groups is 1. The van der Waals surface area contributed by atoms with E-state index in [9.17, 15) is 24.8 Å². The summed E-state index contributed by atoms with van der Waals surface area (Å²) in [5.41, 5.74) is -1.77. The van der Waals surface area contributed by atoms with Crippen molar-refractivity contribution < 1.29 is 19.6 Å². The highest BCUT2D eigenvalue weighted by Crippen LogP contribution is 2.43. The van der Waals surface area contributed by atoms with Crippen LogP contribution in [0.4, 0.5) is 11.4 Å². The molecule has 2 aromatic rings. The maximum atomic E-state index is 12.6. The lowest BCUT2D eigenvalue weighted by atomic mass is 9.88. The third-order valence-corrected chi connectivity index (χ3v) is 4.73. The van der Waals surface area contributed by atoms with Crippen molar-refractivity contribution in [2.24, 2.45) is 0 Å². The molecule has 7 nitrogen and oxygen atoms in total. The van der Waals surface area contributed by atoms with E-state index < -0.39 is 28.6 Å². The Hall–Kier alpha value is -2.58. The smallest absolute Gasteiger partial charge is 0.280 e. The number of hydrogen-bond donors (Lipinski definition) is 1. The standard InChI is InChI=1S/C17H13BrN2O5/c1-19-14-7-6-10(18)8-12(14)17(23,16(19)22)9-15(21)11-4-2-3-5-13(11)20(24)25/h2-8,23H,9H2,1H3/t17-/m1/s1.